The predicted molar refractivity (Wildman–Crippen MR) is 59.3 cm³/mol. The molecule has 1 aliphatic rings. The summed E-state index contributed by atoms with van der Waals surface area (Å²) in [5.41, 5.74) is 6.54. The van der Waals surface area contributed by atoms with Crippen LogP contribution in [0.15, 0.2) is 28.8 Å². The van der Waals surface area contributed by atoms with Gasteiger partial charge in [0.2, 0.25) is 0 Å². The van der Waals surface area contributed by atoms with Crippen LogP contribution in [0, 0.1) is 11.7 Å². The Kier molecular flexibility index (Phi) is 2.40. The van der Waals surface area contributed by atoms with E-state index in [1.165, 1.54) is 12.1 Å². The number of nitrogens with zero attached hydrogens (tertiary/aromatic N) is 2. The monoisotopic (exact) mass is 233 g/mol. The van der Waals surface area contributed by atoms with Crippen LogP contribution >= 0.6 is 0 Å². The molecule has 4 nitrogen and oxygen atoms in total. The molecule has 0 aliphatic heterocycles. The van der Waals surface area contributed by atoms with Gasteiger partial charge >= 0.3 is 0 Å². The fraction of sp³-hybridized carbons (Fsp3) is 0.333. The molecule has 1 aromatic heterocycles. The minimum absolute atomic E-state index is 0.166. The summed E-state index contributed by atoms with van der Waals surface area (Å²) < 4.78 is 18.1. The molecular formula is C12H12FN3O. The molecule has 1 aromatic carbocycles. The van der Waals surface area contributed by atoms with Gasteiger partial charge in [-0.15, -0.1) is 0 Å². The van der Waals surface area contributed by atoms with Crippen molar-refractivity contribution in [2.45, 2.75) is 18.9 Å². The largest absolute Gasteiger partial charge is 0.334 e. The normalized spacial score (nSPS) is 17.1. The second-order valence-electron chi connectivity index (χ2n) is 4.33. The van der Waals surface area contributed by atoms with E-state index in [0.717, 1.165) is 12.8 Å². The van der Waals surface area contributed by atoms with Crippen molar-refractivity contribution in [2.24, 2.45) is 11.7 Å². The van der Waals surface area contributed by atoms with Crippen molar-refractivity contribution in [3.63, 3.8) is 0 Å². The molecule has 3 rings (SSSR count). The van der Waals surface area contributed by atoms with Crippen LogP contribution in [-0.4, -0.2) is 10.1 Å². The van der Waals surface area contributed by atoms with Gasteiger partial charge in [0.05, 0.1) is 6.04 Å². The highest BCUT2D eigenvalue weighted by Crippen LogP contribution is 2.38. The van der Waals surface area contributed by atoms with Gasteiger partial charge in [0.15, 0.2) is 5.82 Å². The SMILES string of the molecule is NC(c1noc(-c2cccc(F)c2)n1)C1CC1. The van der Waals surface area contributed by atoms with Gasteiger partial charge in [0.25, 0.3) is 5.89 Å². The second kappa shape index (κ2) is 3.92. The molecule has 1 aliphatic carbocycles. The molecule has 17 heavy (non-hydrogen) atoms. The van der Waals surface area contributed by atoms with Crippen LogP contribution in [0.1, 0.15) is 24.7 Å². The lowest BCUT2D eigenvalue weighted by atomic mass is 10.2. The minimum atomic E-state index is -0.325. The fourth-order valence-electron chi connectivity index (χ4n) is 1.78. The van der Waals surface area contributed by atoms with Crippen molar-refractivity contribution in [3.05, 3.63) is 35.9 Å². The molecule has 2 N–H and O–H groups in total. The number of rotatable bonds is 3. The van der Waals surface area contributed by atoms with E-state index in [0.29, 0.717) is 23.2 Å². The number of hydrogen-bond donors (Lipinski definition) is 1. The fourth-order valence-corrected chi connectivity index (χ4v) is 1.78. The smallest absolute Gasteiger partial charge is 0.258 e. The summed E-state index contributed by atoms with van der Waals surface area (Å²) in [5, 5.41) is 3.85. The van der Waals surface area contributed by atoms with Crippen molar-refractivity contribution in [2.75, 3.05) is 0 Å². The molecule has 0 saturated heterocycles. The quantitative estimate of drug-likeness (QED) is 0.883. The van der Waals surface area contributed by atoms with Gasteiger partial charge in [-0.2, -0.15) is 4.98 Å². The van der Waals surface area contributed by atoms with Crippen LogP contribution in [0.2, 0.25) is 0 Å². The molecule has 2 aromatic rings. The molecule has 0 radical (unpaired) electrons. The molecule has 0 bridgehead atoms. The number of benzene rings is 1. The van der Waals surface area contributed by atoms with E-state index in [9.17, 15) is 4.39 Å². The Morgan fingerprint density at radius 2 is 2.24 bits per heavy atom. The van der Waals surface area contributed by atoms with E-state index in [1.54, 1.807) is 12.1 Å². The zero-order chi connectivity index (χ0) is 11.8. The maximum Gasteiger partial charge on any atom is 0.258 e. The highest BCUT2D eigenvalue weighted by atomic mass is 19.1. The first-order chi connectivity index (χ1) is 8.24. The summed E-state index contributed by atoms with van der Waals surface area (Å²) in [7, 11) is 0. The van der Waals surface area contributed by atoms with Crippen LogP contribution in [-0.2, 0) is 0 Å². The first-order valence-corrected chi connectivity index (χ1v) is 5.59. The van der Waals surface area contributed by atoms with Crippen molar-refractivity contribution < 1.29 is 8.91 Å². The van der Waals surface area contributed by atoms with Gasteiger partial charge in [-0.3, -0.25) is 0 Å². The molecule has 1 saturated carbocycles. The zero-order valence-corrected chi connectivity index (χ0v) is 9.14. The Morgan fingerprint density at radius 3 is 2.94 bits per heavy atom. The summed E-state index contributed by atoms with van der Waals surface area (Å²) in [6.07, 6.45) is 2.23. The molecule has 5 heteroatoms. The Morgan fingerprint density at radius 1 is 1.41 bits per heavy atom. The Hall–Kier alpha value is -1.75. The van der Waals surface area contributed by atoms with E-state index >= 15 is 0 Å². The molecule has 0 amide bonds. The Bertz CT molecular complexity index is 536. The topological polar surface area (TPSA) is 64.9 Å². The van der Waals surface area contributed by atoms with Crippen molar-refractivity contribution in [3.8, 4) is 11.5 Å². The summed E-state index contributed by atoms with van der Waals surface area (Å²) in [5.74, 6) is 0.962. The molecule has 1 heterocycles. The van der Waals surface area contributed by atoms with E-state index in [1.807, 2.05) is 0 Å². The summed E-state index contributed by atoms with van der Waals surface area (Å²) in [4.78, 5) is 4.21. The van der Waals surface area contributed by atoms with Crippen LogP contribution in [0.4, 0.5) is 4.39 Å². The van der Waals surface area contributed by atoms with Crippen molar-refractivity contribution >= 4 is 0 Å². The lowest BCUT2D eigenvalue weighted by Crippen LogP contribution is -2.13. The first kappa shape index (κ1) is 10.4. The maximum absolute atomic E-state index is 13.0. The second-order valence-corrected chi connectivity index (χ2v) is 4.33. The third kappa shape index (κ3) is 2.06. The molecular weight excluding hydrogens is 221 g/mol. The van der Waals surface area contributed by atoms with E-state index < -0.39 is 0 Å². The zero-order valence-electron chi connectivity index (χ0n) is 9.14. The lowest BCUT2D eigenvalue weighted by molar-refractivity contribution is 0.411. The van der Waals surface area contributed by atoms with E-state index in [4.69, 9.17) is 10.3 Å². The van der Waals surface area contributed by atoms with Crippen LogP contribution in [0.5, 0.6) is 0 Å². The first-order valence-electron chi connectivity index (χ1n) is 5.59. The molecule has 1 fully saturated rings. The number of hydrogen-bond acceptors (Lipinski definition) is 4. The highest BCUT2D eigenvalue weighted by Gasteiger charge is 2.32. The Balaban J connectivity index is 1.89. The molecule has 88 valence electrons. The highest BCUT2D eigenvalue weighted by molar-refractivity contribution is 5.52. The van der Waals surface area contributed by atoms with Gasteiger partial charge in [-0.25, -0.2) is 4.39 Å². The third-order valence-electron chi connectivity index (χ3n) is 2.94. The molecule has 0 spiro atoms. The minimum Gasteiger partial charge on any atom is -0.334 e. The van der Waals surface area contributed by atoms with Gasteiger partial charge in [0, 0.05) is 5.56 Å². The molecule has 1 atom stereocenters. The summed E-state index contributed by atoms with van der Waals surface area (Å²) >= 11 is 0. The number of aromatic nitrogens is 2. The van der Waals surface area contributed by atoms with Crippen LogP contribution in [0.3, 0.4) is 0 Å². The summed E-state index contributed by atoms with van der Waals surface area (Å²) in [6.45, 7) is 0. The standard InChI is InChI=1S/C12H12FN3O/c13-9-3-1-2-8(6-9)12-15-11(16-17-12)10(14)7-4-5-7/h1-3,6-7,10H,4-5,14H2. The lowest BCUT2D eigenvalue weighted by Gasteiger charge is -2.01. The van der Waals surface area contributed by atoms with E-state index in [2.05, 4.69) is 10.1 Å². The third-order valence-corrected chi connectivity index (χ3v) is 2.94. The van der Waals surface area contributed by atoms with E-state index in [-0.39, 0.29) is 11.9 Å². The van der Waals surface area contributed by atoms with Gasteiger partial charge in [0.1, 0.15) is 5.82 Å². The predicted octanol–water partition coefficient (Wildman–Crippen LogP) is 2.29. The average molecular weight is 233 g/mol. The van der Waals surface area contributed by atoms with Gasteiger partial charge in [-0.1, -0.05) is 11.2 Å². The van der Waals surface area contributed by atoms with Gasteiger partial charge < -0.3 is 10.3 Å². The summed E-state index contributed by atoms with van der Waals surface area (Å²) in [6, 6.07) is 5.90. The van der Waals surface area contributed by atoms with Crippen LogP contribution in [0.25, 0.3) is 11.5 Å². The molecule has 1 unspecified atom stereocenters. The Labute approximate surface area is 97.6 Å². The average Bonchev–Trinajstić information content (AvgIpc) is 3.05. The van der Waals surface area contributed by atoms with Crippen LogP contribution < -0.4 is 5.73 Å². The van der Waals surface area contributed by atoms with Gasteiger partial charge in [-0.05, 0) is 37.0 Å². The van der Waals surface area contributed by atoms with Crippen molar-refractivity contribution in [1.82, 2.24) is 10.1 Å². The maximum atomic E-state index is 13.0. The number of halogens is 1. The van der Waals surface area contributed by atoms with Crippen molar-refractivity contribution in [1.29, 1.82) is 0 Å². The number of nitrogens with two attached hydrogens (primary N) is 1.